The van der Waals surface area contributed by atoms with Crippen molar-refractivity contribution in [3.63, 3.8) is 0 Å². The molecule has 134 valence electrons. The molecular formula is C16H28N6O2. The predicted molar refractivity (Wildman–Crippen MR) is 95.1 cm³/mol. The van der Waals surface area contributed by atoms with E-state index in [1.54, 1.807) is 31.0 Å². The number of hydrogen-bond donors (Lipinski definition) is 3. The summed E-state index contributed by atoms with van der Waals surface area (Å²) in [6, 6.07) is 1.19. The van der Waals surface area contributed by atoms with Gasteiger partial charge in [-0.3, -0.25) is 10.1 Å². The molecule has 0 aliphatic heterocycles. The molecule has 0 radical (unpaired) electrons. The number of anilines is 2. The van der Waals surface area contributed by atoms with Crippen molar-refractivity contribution < 1.29 is 9.59 Å². The maximum Gasteiger partial charge on any atom is 0.322 e. The van der Waals surface area contributed by atoms with Gasteiger partial charge in [0.15, 0.2) is 0 Å². The van der Waals surface area contributed by atoms with Gasteiger partial charge in [0, 0.05) is 26.8 Å². The molecule has 3 N–H and O–H groups in total. The highest BCUT2D eigenvalue weighted by atomic mass is 16.2. The van der Waals surface area contributed by atoms with E-state index in [1.165, 1.54) is 0 Å². The van der Waals surface area contributed by atoms with Gasteiger partial charge in [-0.2, -0.15) is 4.98 Å². The lowest BCUT2D eigenvalue weighted by Gasteiger charge is -2.27. The highest BCUT2D eigenvalue weighted by Crippen LogP contribution is 2.12. The molecule has 1 heterocycles. The molecule has 8 heteroatoms. The van der Waals surface area contributed by atoms with Crippen LogP contribution in [0.4, 0.5) is 16.6 Å². The Hall–Kier alpha value is -2.38. The molecule has 1 aromatic heterocycles. The summed E-state index contributed by atoms with van der Waals surface area (Å²) >= 11 is 0. The highest BCUT2D eigenvalue weighted by molar-refractivity contribution is 5.94. The zero-order chi connectivity index (χ0) is 18.5. The second-order valence-corrected chi connectivity index (χ2v) is 7.58. The van der Waals surface area contributed by atoms with Gasteiger partial charge in [0.25, 0.3) is 0 Å². The molecule has 0 aromatic carbocycles. The average molecular weight is 336 g/mol. The number of nitrogens with one attached hydrogen (secondary N) is 3. The fourth-order valence-electron chi connectivity index (χ4n) is 1.70. The molecule has 3 amide bonds. The number of urea groups is 1. The first-order valence-corrected chi connectivity index (χ1v) is 7.78. The van der Waals surface area contributed by atoms with Gasteiger partial charge in [-0.25, -0.2) is 9.78 Å². The van der Waals surface area contributed by atoms with Crippen molar-refractivity contribution >= 4 is 23.7 Å². The van der Waals surface area contributed by atoms with Gasteiger partial charge in [-0.1, -0.05) is 20.8 Å². The molecule has 0 saturated heterocycles. The largest absolute Gasteiger partial charge is 0.363 e. The molecule has 8 nitrogen and oxygen atoms in total. The SMILES string of the molecule is CN(C)c1ccnc(NC(=O)NC(C)(C)C(=O)NCC(C)(C)C)n1. The van der Waals surface area contributed by atoms with Gasteiger partial charge in [0.2, 0.25) is 11.9 Å². The molecular weight excluding hydrogens is 308 g/mol. The minimum absolute atomic E-state index is 0.0333. The monoisotopic (exact) mass is 336 g/mol. The van der Waals surface area contributed by atoms with Crippen LogP contribution in [-0.2, 0) is 4.79 Å². The Labute approximate surface area is 143 Å². The van der Waals surface area contributed by atoms with Gasteiger partial charge in [-0.15, -0.1) is 0 Å². The number of carbonyl (C=O) groups excluding carboxylic acids is 2. The number of rotatable bonds is 5. The predicted octanol–water partition coefficient (Wildman–Crippen LogP) is 1.60. The Morgan fingerprint density at radius 3 is 2.33 bits per heavy atom. The number of hydrogen-bond acceptors (Lipinski definition) is 5. The fourth-order valence-corrected chi connectivity index (χ4v) is 1.70. The standard InChI is InChI=1S/C16H28N6O2/c1-15(2,3)10-18-12(23)16(4,5)21-14(24)20-13-17-9-8-11(19-13)22(6)7/h8-9H,10H2,1-7H3,(H,18,23)(H2,17,19,20,21,24). The molecule has 0 aliphatic carbocycles. The summed E-state index contributed by atoms with van der Waals surface area (Å²) < 4.78 is 0. The van der Waals surface area contributed by atoms with E-state index in [9.17, 15) is 9.59 Å². The second-order valence-electron chi connectivity index (χ2n) is 7.58. The first kappa shape index (κ1) is 19.7. The van der Waals surface area contributed by atoms with Crippen LogP contribution in [0.3, 0.4) is 0 Å². The molecule has 0 saturated carbocycles. The zero-order valence-electron chi connectivity index (χ0n) is 15.5. The summed E-state index contributed by atoms with van der Waals surface area (Å²) in [5, 5.41) is 8.01. The van der Waals surface area contributed by atoms with Gasteiger partial charge in [0.05, 0.1) is 0 Å². The molecule has 1 aromatic rings. The number of aromatic nitrogens is 2. The molecule has 1 rings (SSSR count). The van der Waals surface area contributed by atoms with Crippen molar-refractivity contribution in [1.29, 1.82) is 0 Å². The summed E-state index contributed by atoms with van der Waals surface area (Å²) in [7, 11) is 3.68. The van der Waals surface area contributed by atoms with Crippen LogP contribution in [0, 0.1) is 5.41 Å². The lowest BCUT2D eigenvalue weighted by Crippen LogP contribution is -2.56. The maximum atomic E-state index is 12.3. The third-order valence-corrected chi connectivity index (χ3v) is 3.10. The summed E-state index contributed by atoms with van der Waals surface area (Å²) in [5.41, 5.74) is -1.09. The molecule has 0 unspecified atom stereocenters. The van der Waals surface area contributed by atoms with Gasteiger partial charge >= 0.3 is 6.03 Å². The summed E-state index contributed by atoms with van der Waals surface area (Å²) in [6.07, 6.45) is 1.55. The van der Waals surface area contributed by atoms with E-state index >= 15 is 0 Å². The van der Waals surface area contributed by atoms with Crippen LogP contribution in [0.2, 0.25) is 0 Å². The fraction of sp³-hybridized carbons (Fsp3) is 0.625. The lowest BCUT2D eigenvalue weighted by molar-refractivity contribution is -0.126. The number of amides is 3. The van der Waals surface area contributed by atoms with E-state index in [0.717, 1.165) is 0 Å². The highest BCUT2D eigenvalue weighted by Gasteiger charge is 2.30. The van der Waals surface area contributed by atoms with E-state index in [2.05, 4.69) is 25.9 Å². The summed E-state index contributed by atoms with van der Waals surface area (Å²) in [5.74, 6) is 0.586. The summed E-state index contributed by atoms with van der Waals surface area (Å²) in [4.78, 5) is 34.4. The number of carbonyl (C=O) groups is 2. The zero-order valence-corrected chi connectivity index (χ0v) is 15.5. The molecule has 0 fully saturated rings. The van der Waals surface area contributed by atoms with Crippen molar-refractivity contribution in [2.24, 2.45) is 5.41 Å². The van der Waals surface area contributed by atoms with Crippen molar-refractivity contribution in [1.82, 2.24) is 20.6 Å². The van der Waals surface area contributed by atoms with Crippen molar-refractivity contribution in [2.75, 3.05) is 30.9 Å². The second kappa shape index (κ2) is 7.46. The van der Waals surface area contributed by atoms with E-state index < -0.39 is 11.6 Å². The maximum absolute atomic E-state index is 12.3. The molecule has 0 aliphatic rings. The Bertz CT molecular complexity index is 592. The molecule has 0 spiro atoms. The average Bonchev–Trinajstić information content (AvgIpc) is 2.43. The molecule has 0 atom stereocenters. The van der Waals surface area contributed by atoms with Gasteiger partial charge < -0.3 is 15.5 Å². The van der Waals surface area contributed by atoms with Crippen molar-refractivity contribution in [3.8, 4) is 0 Å². The minimum atomic E-state index is -1.06. The Morgan fingerprint density at radius 2 is 1.79 bits per heavy atom. The lowest BCUT2D eigenvalue weighted by atomic mass is 9.96. The quantitative estimate of drug-likeness (QED) is 0.758. The van der Waals surface area contributed by atoms with Crippen LogP contribution < -0.4 is 20.9 Å². The molecule has 0 bridgehead atoms. The Kier molecular flexibility index (Phi) is 6.11. The smallest absolute Gasteiger partial charge is 0.322 e. The number of nitrogens with zero attached hydrogens (tertiary/aromatic N) is 3. The third kappa shape index (κ3) is 6.39. The Morgan fingerprint density at radius 1 is 1.17 bits per heavy atom. The van der Waals surface area contributed by atoms with E-state index in [4.69, 9.17) is 0 Å². The summed E-state index contributed by atoms with van der Waals surface area (Å²) in [6.45, 7) is 9.87. The van der Waals surface area contributed by atoms with Gasteiger partial charge in [-0.05, 0) is 25.3 Å². The van der Waals surface area contributed by atoms with Crippen LogP contribution in [0.15, 0.2) is 12.3 Å². The van der Waals surface area contributed by atoms with Crippen LogP contribution in [0.1, 0.15) is 34.6 Å². The first-order chi connectivity index (χ1) is 10.9. The van der Waals surface area contributed by atoms with E-state index in [-0.39, 0.29) is 17.3 Å². The van der Waals surface area contributed by atoms with Gasteiger partial charge in [0.1, 0.15) is 11.4 Å². The van der Waals surface area contributed by atoms with E-state index in [0.29, 0.717) is 12.4 Å². The molecule has 24 heavy (non-hydrogen) atoms. The van der Waals surface area contributed by atoms with Crippen molar-refractivity contribution in [3.05, 3.63) is 12.3 Å². The normalized spacial score (nSPS) is 11.6. The topological polar surface area (TPSA) is 99.3 Å². The van der Waals surface area contributed by atoms with Crippen LogP contribution in [0.25, 0.3) is 0 Å². The van der Waals surface area contributed by atoms with E-state index in [1.807, 2.05) is 34.9 Å². The Balaban J connectivity index is 2.65. The first-order valence-electron chi connectivity index (χ1n) is 7.78. The van der Waals surface area contributed by atoms with Crippen LogP contribution in [-0.4, -0.2) is 48.1 Å². The minimum Gasteiger partial charge on any atom is -0.363 e. The van der Waals surface area contributed by atoms with Crippen LogP contribution in [0.5, 0.6) is 0 Å². The van der Waals surface area contributed by atoms with Crippen molar-refractivity contribution in [2.45, 2.75) is 40.2 Å². The third-order valence-electron chi connectivity index (χ3n) is 3.10. The van der Waals surface area contributed by atoms with Crippen LogP contribution >= 0.6 is 0 Å².